The predicted octanol–water partition coefficient (Wildman–Crippen LogP) is 4.16. The summed E-state index contributed by atoms with van der Waals surface area (Å²) in [4.78, 5) is 1.32. The van der Waals surface area contributed by atoms with Crippen molar-refractivity contribution in [2.75, 3.05) is 0 Å². The molecular weight excluding hydrogens is 233 g/mol. The Morgan fingerprint density at radius 2 is 1.88 bits per heavy atom. The van der Waals surface area contributed by atoms with Gasteiger partial charge in [-0.1, -0.05) is 30.0 Å². The lowest BCUT2D eigenvalue weighted by atomic mass is 10.2. The van der Waals surface area contributed by atoms with Gasteiger partial charge in [-0.15, -0.1) is 0 Å². The van der Waals surface area contributed by atoms with Crippen molar-refractivity contribution >= 4 is 11.8 Å². The Bertz CT molecular complexity index is 587. The molecule has 84 valence electrons. The minimum absolute atomic E-state index is 0.262. The van der Waals surface area contributed by atoms with Crippen molar-refractivity contribution < 1.29 is 4.39 Å². The monoisotopic (exact) mass is 243 g/mol. The maximum atomic E-state index is 13.5. The molecule has 0 saturated carbocycles. The van der Waals surface area contributed by atoms with Crippen LogP contribution < -0.4 is 0 Å². The molecule has 0 spiro atoms. The second kappa shape index (κ2) is 5.03. The molecule has 2 rings (SSSR count). The molecule has 17 heavy (non-hydrogen) atoms. The van der Waals surface area contributed by atoms with E-state index in [0.717, 1.165) is 10.5 Å². The van der Waals surface area contributed by atoms with Gasteiger partial charge < -0.3 is 0 Å². The molecule has 3 heteroatoms. The second-order valence-electron chi connectivity index (χ2n) is 3.64. The van der Waals surface area contributed by atoms with E-state index in [9.17, 15) is 4.39 Å². The largest absolute Gasteiger partial charge is 0.206 e. The van der Waals surface area contributed by atoms with Gasteiger partial charge in [0.2, 0.25) is 0 Å². The summed E-state index contributed by atoms with van der Waals surface area (Å²) >= 11 is 1.28. The zero-order valence-corrected chi connectivity index (χ0v) is 10.1. The Kier molecular flexibility index (Phi) is 3.46. The van der Waals surface area contributed by atoms with Gasteiger partial charge in [0.1, 0.15) is 11.9 Å². The van der Waals surface area contributed by atoms with Crippen molar-refractivity contribution in [3.8, 4) is 6.07 Å². The van der Waals surface area contributed by atoms with E-state index in [1.807, 2.05) is 25.1 Å². The van der Waals surface area contributed by atoms with Crippen LogP contribution in [0.5, 0.6) is 0 Å². The van der Waals surface area contributed by atoms with Gasteiger partial charge >= 0.3 is 0 Å². The predicted molar refractivity (Wildman–Crippen MR) is 66.4 cm³/mol. The molecule has 0 aliphatic heterocycles. The number of rotatable bonds is 2. The van der Waals surface area contributed by atoms with Crippen molar-refractivity contribution in [2.24, 2.45) is 0 Å². The van der Waals surface area contributed by atoms with Gasteiger partial charge in [0.05, 0.1) is 5.56 Å². The summed E-state index contributed by atoms with van der Waals surface area (Å²) in [5.74, 6) is -0.262. The summed E-state index contributed by atoms with van der Waals surface area (Å²) in [5.41, 5.74) is 1.61. The SMILES string of the molecule is Cc1ccc(Sc2ccccc2F)c(C#N)c1. The highest BCUT2D eigenvalue weighted by Crippen LogP contribution is 2.32. The van der Waals surface area contributed by atoms with Gasteiger partial charge in [0.25, 0.3) is 0 Å². The van der Waals surface area contributed by atoms with Crippen molar-refractivity contribution in [1.82, 2.24) is 0 Å². The molecule has 2 aromatic rings. The first-order valence-electron chi connectivity index (χ1n) is 5.14. The number of nitrogens with zero attached hydrogens (tertiary/aromatic N) is 1. The number of benzene rings is 2. The molecule has 1 nitrogen and oxygen atoms in total. The fourth-order valence-electron chi connectivity index (χ4n) is 1.47. The van der Waals surface area contributed by atoms with Crippen LogP contribution in [-0.2, 0) is 0 Å². The molecule has 0 radical (unpaired) electrons. The summed E-state index contributed by atoms with van der Waals surface area (Å²) in [7, 11) is 0. The van der Waals surface area contributed by atoms with Crippen LogP contribution in [0.1, 0.15) is 11.1 Å². The molecule has 0 N–H and O–H groups in total. The average Bonchev–Trinajstić information content (AvgIpc) is 2.34. The topological polar surface area (TPSA) is 23.8 Å². The number of hydrogen-bond acceptors (Lipinski definition) is 2. The molecule has 0 aliphatic carbocycles. The summed E-state index contributed by atoms with van der Waals surface area (Å²) in [6, 6.07) is 14.3. The van der Waals surface area contributed by atoms with Crippen LogP contribution in [0, 0.1) is 24.1 Å². The van der Waals surface area contributed by atoms with Crippen LogP contribution in [0.15, 0.2) is 52.3 Å². The lowest BCUT2D eigenvalue weighted by molar-refractivity contribution is 0.602. The highest BCUT2D eigenvalue weighted by Gasteiger charge is 2.07. The minimum Gasteiger partial charge on any atom is -0.206 e. The van der Waals surface area contributed by atoms with Gasteiger partial charge in [-0.2, -0.15) is 5.26 Å². The lowest BCUT2D eigenvalue weighted by Gasteiger charge is -2.05. The van der Waals surface area contributed by atoms with Crippen LogP contribution in [0.2, 0.25) is 0 Å². The molecule has 0 heterocycles. The maximum Gasteiger partial charge on any atom is 0.137 e. The average molecular weight is 243 g/mol. The molecular formula is C14H10FNS. The highest BCUT2D eigenvalue weighted by molar-refractivity contribution is 7.99. The number of halogens is 1. The van der Waals surface area contributed by atoms with Crippen molar-refractivity contribution in [3.63, 3.8) is 0 Å². The fraction of sp³-hybridized carbons (Fsp3) is 0.0714. The van der Waals surface area contributed by atoms with E-state index in [1.165, 1.54) is 17.8 Å². The molecule has 0 fully saturated rings. The molecule has 0 aromatic heterocycles. The second-order valence-corrected chi connectivity index (χ2v) is 4.73. The Morgan fingerprint density at radius 1 is 1.12 bits per heavy atom. The van der Waals surface area contributed by atoms with Crippen molar-refractivity contribution in [2.45, 2.75) is 16.7 Å². The van der Waals surface area contributed by atoms with Gasteiger partial charge in [-0.25, -0.2) is 4.39 Å². The molecule has 2 aromatic carbocycles. The van der Waals surface area contributed by atoms with E-state index in [4.69, 9.17) is 5.26 Å². The first-order chi connectivity index (χ1) is 8.20. The first kappa shape index (κ1) is 11.7. The standard InChI is InChI=1S/C14H10FNS/c1-10-6-7-13(11(8-10)9-16)17-14-5-3-2-4-12(14)15/h2-8H,1H3. The molecule has 0 atom stereocenters. The summed E-state index contributed by atoms with van der Waals surface area (Å²) in [5, 5.41) is 9.03. The minimum atomic E-state index is -0.262. The molecule has 0 saturated heterocycles. The number of aryl methyl sites for hydroxylation is 1. The smallest absolute Gasteiger partial charge is 0.137 e. The van der Waals surface area contributed by atoms with Crippen LogP contribution >= 0.6 is 11.8 Å². The van der Waals surface area contributed by atoms with Crippen LogP contribution in [0.3, 0.4) is 0 Å². The highest BCUT2D eigenvalue weighted by atomic mass is 32.2. The van der Waals surface area contributed by atoms with Gasteiger partial charge in [0, 0.05) is 9.79 Å². The Hall–Kier alpha value is -1.79. The normalized spacial score (nSPS) is 9.94. The zero-order valence-electron chi connectivity index (χ0n) is 9.27. The van der Waals surface area contributed by atoms with Gasteiger partial charge in [-0.3, -0.25) is 0 Å². The van der Waals surface area contributed by atoms with E-state index in [2.05, 4.69) is 6.07 Å². The fourth-order valence-corrected chi connectivity index (χ4v) is 2.37. The Morgan fingerprint density at radius 3 is 2.59 bits per heavy atom. The third kappa shape index (κ3) is 2.66. The van der Waals surface area contributed by atoms with E-state index in [1.54, 1.807) is 18.2 Å². The number of nitriles is 1. The van der Waals surface area contributed by atoms with Crippen LogP contribution in [-0.4, -0.2) is 0 Å². The molecule has 0 bridgehead atoms. The Labute approximate surface area is 104 Å². The molecule has 0 aliphatic rings. The first-order valence-corrected chi connectivity index (χ1v) is 5.95. The van der Waals surface area contributed by atoms with E-state index in [-0.39, 0.29) is 5.82 Å². The summed E-state index contributed by atoms with van der Waals surface area (Å²) in [6.45, 7) is 1.93. The van der Waals surface area contributed by atoms with E-state index >= 15 is 0 Å². The molecule has 0 amide bonds. The Balaban J connectivity index is 2.37. The molecule has 0 unspecified atom stereocenters. The van der Waals surface area contributed by atoms with Crippen LogP contribution in [0.25, 0.3) is 0 Å². The van der Waals surface area contributed by atoms with Crippen molar-refractivity contribution in [1.29, 1.82) is 5.26 Å². The third-order valence-corrected chi connectivity index (χ3v) is 3.44. The quantitative estimate of drug-likeness (QED) is 0.790. The zero-order chi connectivity index (χ0) is 12.3. The van der Waals surface area contributed by atoms with Gasteiger partial charge in [0.15, 0.2) is 0 Å². The van der Waals surface area contributed by atoms with Crippen molar-refractivity contribution in [3.05, 3.63) is 59.4 Å². The van der Waals surface area contributed by atoms with Gasteiger partial charge in [-0.05, 0) is 36.8 Å². The number of hydrogen-bond donors (Lipinski definition) is 0. The van der Waals surface area contributed by atoms with Crippen LogP contribution in [0.4, 0.5) is 4.39 Å². The maximum absolute atomic E-state index is 13.5. The summed E-state index contributed by atoms with van der Waals surface area (Å²) in [6.07, 6.45) is 0. The van der Waals surface area contributed by atoms with E-state index < -0.39 is 0 Å². The van der Waals surface area contributed by atoms with E-state index in [0.29, 0.717) is 10.5 Å². The lowest BCUT2D eigenvalue weighted by Crippen LogP contribution is -1.85. The third-order valence-electron chi connectivity index (χ3n) is 2.31. The summed E-state index contributed by atoms with van der Waals surface area (Å²) < 4.78 is 13.5.